The van der Waals surface area contributed by atoms with Crippen LogP contribution in [0.4, 0.5) is 5.82 Å². The van der Waals surface area contributed by atoms with Crippen molar-refractivity contribution in [2.24, 2.45) is 11.7 Å². The van der Waals surface area contributed by atoms with Crippen molar-refractivity contribution in [3.63, 3.8) is 0 Å². The number of rotatable bonds is 5. The minimum atomic E-state index is 0.225. The lowest BCUT2D eigenvalue weighted by Crippen LogP contribution is -2.32. The van der Waals surface area contributed by atoms with E-state index >= 15 is 0 Å². The molecule has 4 nitrogen and oxygen atoms in total. The van der Waals surface area contributed by atoms with Gasteiger partial charge in [-0.3, -0.25) is 0 Å². The van der Waals surface area contributed by atoms with Gasteiger partial charge in [0.15, 0.2) is 11.0 Å². The highest BCUT2D eigenvalue weighted by atomic mass is 35.5. The van der Waals surface area contributed by atoms with Gasteiger partial charge in [-0.25, -0.2) is 0 Å². The van der Waals surface area contributed by atoms with Crippen molar-refractivity contribution in [2.45, 2.75) is 26.3 Å². The molecule has 0 radical (unpaired) electrons. The molecule has 0 bridgehead atoms. The zero-order chi connectivity index (χ0) is 12.1. The lowest BCUT2D eigenvalue weighted by molar-refractivity contribution is 0.465. The Labute approximate surface area is 102 Å². The average molecular weight is 243 g/mol. The zero-order valence-corrected chi connectivity index (χ0v) is 10.8. The highest BCUT2D eigenvalue weighted by Gasteiger charge is 2.10. The normalized spacial score (nSPS) is 12.9. The summed E-state index contributed by atoms with van der Waals surface area (Å²) in [6.45, 7) is 5.13. The van der Waals surface area contributed by atoms with Gasteiger partial charge in [-0.2, -0.15) is 0 Å². The third-order valence-corrected chi connectivity index (χ3v) is 2.86. The van der Waals surface area contributed by atoms with Crippen LogP contribution >= 0.6 is 11.6 Å². The second kappa shape index (κ2) is 6.01. The predicted molar refractivity (Wildman–Crippen MR) is 67.7 cm³/mol. The molecular formula is C11H19ClN4. The maximum absolute atomic E-state index is 5.98. The molecule has 0 saturated carbocycles. The first-order valence-corrected chi connectivity index (χ1v) is 5.84. The smallest absolute Gasteiger partial charge is 0.151 e. The van der Waals surface area contributed by atoms with Crippen LogP contribution in [0.3, 0.4) is 0 Å². The highest BCUT2D eigenvalue weighted by molar-refractivity contribution is 6.29. The quantitative estimate of drug-likeness (QED) is 0.858. The second-order valence-electron chi connectivity index (χ2n) is 4.33. The molecule has 0 aromatic carbocycles. The molecule has 2 N–H and O–H groups in total. The van der Waals surface area contributed by atoms with Crippen LogP contribution in [0.15, 0.2) is 12.1 Å². The highest BCUT2D eigenvalue weighted by Crippen LogP contribution is 2.11. The van der Waals surface area contributed by atoms with Gasteiger partial charge in [0, 0.05) is 19.6 Å². The molecule has 0 aliphatic rings. The van der Waals surface area contributed by atoms with Gasteiger partial charge in [0.1, 0.15) is 0 Å². The molecular weight excluding hydrogens is 224 g/mol. The Hall–Kier alpha value is -0.870. The van der Waals surface area contributed by atoms with Crippen LogP contribution in [0.1, 0.15) is 20.3 Å². The molecule has 0 aliphatic heterocycles. The second-order valence-corrected chi connectivity index (χ2v) is 4.72. The fraction of sp³-hybridized carbons (Fsp3) is 0.636. The van der Waals surface area contributed by atoms with Crippen molar-refractivity contribution in [2.75, 3.05) is 18.5 Å². The monoisotopic (exact) mass is 242 g/mol. The van der Waals surface area contributed by atoms with E-state index in [9.17, 15) is 0 Å². The minimum Gasteiger partial charge on any atom is -0.358 e. The van der Waals surface area contributed by atoms with E-state index in [1.54, 1.807) is 6.07 Å². The third kappa shape index (κ3) is 3.94. The number of nitrogens with zero attached hydrogens (tertiary/aromatic N) is 3. The van der Waals surface area contributed by atoms with Gasteiger partial charge in [-0.05, 0) is 24.5 Å². The summed E-state index contributed by atoms with van der Waals surface area (Å²) < 4.78 is 0. The van der Waals surface area contributed by atoms with Crippen LogP contribution in [0, 0.1) is 5.92 Å². The molecule has 0 amide bonds. The first kappa shape index (κ1) is 13.2. The molecule has 1 unspecified atom stereocenters. The molecule has 1 atom stereocenters. The Bertz CT molecular complexity index is 312. The van der Waals surface area contributed by atoms with E-state index < -0.39 is 0 Å². The zero-order valence-electron chi connectivity index (χ0n) is 10.0. The van der Waals surface area contributed by atoms with Gasteiger partial charge in [-0.15, -0.1) is 10.2 Å². The lowest BCUT2D eigenvalue weighted by Gasteiger charge is -2.21. The van der Waals surface area contributed by atoms with Crippen LogP contribution < -0.4 is 10.6 Å². The molecule has 1 heterocycles. The molecule has 1 aromatic heterocycles. The summed E-state index contributed by atoms with van der Waals surface area (Å²) in [6.07, 6.45) is 0.943. The van der Waals surface area contributed by atoms with Crippen LogP contribution in [0.25, 0.3) is 0 Å². The van der Waals surface area contributed by atoms with E-state index in [2.05, 4.69) is 24.0 Å². The SMILES string of the molecule is CC(C)C(N)CCN(C)c1ccc(Cl)nn1. The average Bonchev–Trinajstić information content (AvgIpc) is 2.26. The van der Waals surface area contributed by atoms with E-state index in [1.165, 1.54) is 0 Å². The number of hydrogen-bond donors (Lipinski definition) is 1. The van der Waals surface area contributed by atoms with Crippen LogP contribution in [-0.4, -0.2) is 29.8 Å². The molecule has 0 fully saturated rings. The number of anilines is 1. The Balaban J connectivity index is 2.46. The molecule has 90 valence electrons. The van der Waals surface area contributed by atoms with E-state index in [1.807, 2.05) is 18.0 Å². The van der Waals surface area contributed by atoms with E-state index in [4.69, 9.17) is 17.3 Å². The Morgan fingerprint density at radius 1 is 1.38 bits per heavy atom. The number of halogens is 1. The molecule has 5 heteroatoms. The summed E-state index contributed by atoms with van der Waals surface area (Å²) in [5.74, 6) is 1.32. The summed E-state index contributed by atoms with van der Waals surface area (Å²) in [6, 6.07) is 3.82. The van der Waals surface area contributed by atoms with E-state index in [0.717, 1.165) is 18.8 Å². The van der Waals surface area contributed by atoms with Gasteiger partial charge in [-0.1, -0.05) is 25.4 Å². The number of aromatic nitrogens is 2. The first-order valence-electron chi connectivity index (χ1n) is 5.46. The maximum Gasteiger partial charge on any atom is 0.151 e. The van der Waals surface area contributed by atoms with Crippen LogP contribution in [-0.2, 0) is 0 Å². The fourth-order valence-electron chi connectivity index (χ4n) is 1.30. The topological polar surface area (TPSA) is 55.0 Å². The van der Waals surface area contributed by atoms with Crippen molar-refractivity contribution >= 4 is 17.4 Å². The van der Waals surface area contributed by atoms with Crippen molar-refractivity contribution in [1.82, 2.24) is 10.2 Å². The van der Waals surface area contributed by atoms with E-state index in [0.29, 0.717) is 11.1 Å². The van der Waals surface area contributed by atoms with Crippen molar-refractivity contribution in [3.8, 4) is 0 Å². The van der Waals surface area contributed by atoms with Gasteiger partial charge in [0.25, 0.3) is 0 Å². The van der Waals surface area contributed by atoms with Gasteiger partial charge in [0.2, 0.25) is 0 Å². The molecule has 0 aliphatic carbocycles. The summed E-state index contributed by atoms with van der Waals surface area (Å²) in [7, 11) is 1.98. The summed E-state index contributed by atoms with van der Waals surface area (Å²) in [4.78, 5) is 2.03. The molecule has 1 rings (SSSR count). The summed E-state index contributed by atoms with van der Waals surface area (Å²) >= 11 is 5.67. The maximum atomic E-state index is 5.98. The van der Waals surface area contributed by atoms with E-state index in [-0.39, 0.29) is 6.04 Å². The molecule has 0 saturated heterocycles. The summed E-state index contributed by atoms with van der Waals surface area (Å²) in [5, 5.41) is 8.22. The predicted octanol–water partition coefficient (Wildman–Crippen LogP) is 1.94. The van der Waals surface area contributed by atoms with Gasteiger partial charge in [0.05, 0.1) is 0 Å². The third-order valence-electron chi connectivity index (χ3n) is 2.66. The fourth-order valence-corrected chi connectivity index (χ4v) is 1.40. The largest absolute Gasteiger partial charge is 0.358 e. The van der Waals surface area contributed by atoms with Gasteiger partial charge >= 0.3 is 0 Å². The van der Waals surface area contributed by atoms with Crippen molar-refractivity contribution < 1.29 is 0 Å². The Morgan fingerprint density at radius 3 is 2.56 bits per heavy atom. The van der Waals surface area contributed by atoms with Crippen molar-refractivity contribution in [3.05, 3.63) is 17.3 Å². The Kier molecular flexibility index (Phi) is 4.96. The van der Waals surface area contributed by atoms with Crippen molar-refractivity contribution in [1.29, 1.82) is 0 Å². The number of nitrogens with two attached hydrogens (primary N) is 1. The van der Waals surface area contributed by atoms with Crippen LogP contribution in [0.5, 0.6) is 0 Å². The van der Waals surface area contributed by atoms with Crippen LogP contribution in [0.2, 0.25) is 5.15 Å². The molecule has 16 heavy (non-hydrogen) atoms. The first-order chi connectivity index (χ1) is 7.50. The standard InChI is InChI=1S/C11H19ClN4/c1-8(2)9(13)6-7-16(3)11-5-4-10(12)14-15-11/h4-5,8-9H,6-7,13H2,1-3H3. The number of hydrogen-bond acceptors (Lipinski definition) is 4. The minimum absolute atomic E-state index is 0.225. The lowest BCUT2D eigenvalue weighted by atomic mass is 10.0. The molecule has 0 spiro atoms. The molecule has 1 aromatic rings. The Morgan fingerprint density at radius 2 is 2.06 bits per heavy atom. The van der Waals surface area contributed by atoms with Gasteiger partial charge < -0.3 is 10.6 Å². The summed E-state index contributed by atoms with van der Waals surface area (Å²) in [5.41, 5.74) is 5.98.